The summed E-state index contributed by atoms with van der Waals surface area (Å²) in [6.07, 6.45) is 7.80. The minimum atomic E-state index is -0.385. The smallest absolute Gasteiger partial charge is 0.293 e. The van der Waals surface area contributed by atoms with Gasteiger partial charge in [0.2, 0.25) is 0 Å². The van der Waals surface area contributed by atoms with Gasteiger partial charge in [0.25, 0.3) is 5.56 Å². The first-order valence-electron chi connectivity index (χ1n) is 6.14. The summed E-state index contributed by atoms with van der Waals surface area (Å²) in [5, 5.41) is 13.1. The van der Waals surface area contributed by atoms with Crippen molar-refractivity contribution in [1.29, 1.82) is 0 Å². The van der Waals surface area contributed by atoms with E-state index in [2.05, 4.69) is 10.3 Å². The lowest BCUT2D eigenvalue weighted by atomic mass is 10.1. The number of aliphatic hydroxyl groups is 1. The van der Waals surface area contributed by atoms with Crippen molar-refractivity contribution in [1.82, 2.24) is 9.55 Å². The molecule has 5 heteroatoms. The Morgan fingerprint density at radius 1 is 1.41 bits per heavy atom. The van der Waals surface area contributed by atoms with Crippen molar-refractivity contribution in [3.8, 4) is 0 Å². The second-order valence-corrected chi connectivity index (χ2v) is 4.65. The van der Waals surface area contributed by atoms with Crippen LogP contribution in [0.4, 0.5) is 5.82 Å². The Kier molecular flexibility index (Phi) is 3.78. The van der Waals surface area contributed by atoms with Crippen LogP contribution in [0.15, 0.2) is 17.2 Å². The summed E-state index contributed by atoms with van der Waals surface area (Å²) >= 11 is 0. The highest BCUT2D eigenvalue weighted by Crippen LogP contribution is 2.19. The molecule has 94 valence electrons. The van der Waals surface area contributed by atoms with E-state index in [1.807, 2.05) is 0 Å². The van der Waals surface area contributed by atoms with Crippen molar-refractivity contribution in [3.63, 3.8) is 0 Å². The third-order valence-corrected chi connectivity index (χ3v) is 3.32. The Bertz CT molecular complexity index is 430. The van der Waals surface area contributed by atoms with Crippen LogP contribution in [0.3, 0.4) is 0 Å². The quantitative estimate of drug-likeness (QED) is 0.749. The zero-order valence-electron chi connectivity index (χ0n) is 10.1. The molecule has 2 atom stereocenters. The summed E-state index contributed by atoms with van der Waals surface area (Å²) in [7, 11) is 1.69. The van der Waals surface area contributed by atoms with Crippen LogP contribution in [0.25, 0.3) is 0 Å². The van der Waals surface area contributed by atoms with E-state index < -0.39 is 0 Å². The number of rotatable bonds is 2. The molecule has 0 bridgehead atoms. The summed E-state index contributed by atoms with van der Waals surface area (Å²) < 4.78 is 1.48. The molecule has 0 aliphatic heterocycles. The van der Waals surface area contributed by atoms with E-state index in [-0.39, 0.29) is 17.7 Å². The van der Waals surface area contributed by atoms with Crippen molar-refractivity contribution in [2.45, 2.75) is 44.2 Å². The Hall–Kier alpha value is -1.36. The molecule has 0 aromatic carbocycles. The van der Waals surface area contributed by atoms with E-state index >= 15 is 0 Å². The molecule has 0 amide bonds. The molecule has 1 aliphatic rings. The molecule has 1 aliphatic carbocycles. The fourth-order valence-corrected chi connectivity index (χ4v) is 2.23. The molecule has 0 radical (unpaired) electrons. The third-order valence-electron chi connectivity index (χ3n) is 3.32. The predicted octanol–water partition coefficient (Wildman–Crippen LogP) is 0.886. The van der Waals surface area contributed by atoms with E-state index in [1.165, 1.54) is 4.57 Å². The second-order valence-electron chi connectivity index (χ2n) is 4.65. The van der Waals surface area contributed by atoms with Gasteiger partial charge in [-0.25, -0.2) is 4.98 Å². The fraction of sp³-hybridized carbons (Fsp3) is 0.667. The minimum Gasteiger partial charge on any atom is -0.391 e. The second kappa shape index (κ2) is 5.31. The van der Waals surface area contributed by atoms with Crippen LogP contribution in [0.2, 0.25) is 0 Å². The number of aromatic nitrogens is 2. The summed E-state index contributed by atoms with van der Waals surface area (Å²) in [6, 6.07) is -0.0555. The molecule has 1 saturated carbocycles. The van der Waals surface area contributed by atoms with Gasteiger partial charge in [0.05, 0.1) is 12.1 Å². The first-order valence-corrected chi connectivity index (χ1v) is 6.14. The van der Waals surface area contributed by atoms with E-state index in [1.54, 1.807) is 19.4 Å². The van der Waals surface area contributed by atoms with E-state index in [9.17, 15) is 9.90 Å². The maximum absolute atomic E-state index is 11.8. The minimum absolute atomic E-state index is 0.0555. The number of aliphatic hydroxyl groups excluding tert-OH is 1. The highest BCUT2D eigenvalue weighted by molar-refractivity contribution is 5.32. The van der Waals surface area contributed by atoms with Crippen LogP contribution < -0.4 is 10.9 Å². The van der Waals surface area contributed by atoms with Crippen LogP contribution in [0.1, 0.15) is 32.1 Å². The molecule has 1 heterocycles. The molecular weight excluding hydrogens is 218 g/mol. The predicted molar refractivity (Wildman–Crippen MR) is 66.0 cm³/mol. The van der Waals surface area contributed by atoms with Crippen LogP contribution in [-0.2, 0) is 7.05 Å². The van der Waals surface area contributed by atoms with Gasteiger partial charge in [-0.2, -0.15) is 0 Å². The van der Waals surface area contributed by atoms with Crippen molar-refractivity contribution in [2.24, 2.45) is 7.05 Å². The van der Waals surface area contributed by atoms with Crippen LogP contribution in [-0.4, -0.2) is 26.8 Å². The standard InChI is InChI=1S/C12H19N3O2/c1-15-8-7-13-11(12(15)17)14-9-5-3-2-4-6-10(9)16/h7-10,16H,2-6H2,1H3,(H,13,14). The van der Waals surface area contributed by atoms with Crippen LogP contribution >= 0.6 is 0 Å². The van der Waals surface area contributed by atoms with Gasteiger partial charge in [0.1, 0.15) is 0 Å². The topological polar surface area (TPSA) is 67.2 Å². The lowest BCUT2D eigenvalue weighted by molar-refractivity contribution is 0.144. The van der Waals surface area contributed by atoms with Crippen molar-refractivity contribution >= 4 is 5.82 Å². The lowest BCUT2D eigenvalue weighted by Gasteiger charge is -2.21. The Morgan fingerprint density at radius 3 is 3.00 bits per heavy atom. The zero-order chi connectivity index (χ0) is 12.3. The largest absolute Gasteiger partial charge is 0.391 e. The van der Waals surface area contributed by atoms with Crippen molar-refractivity contribution in [3.05, 3.63) is 22.7 Å². The van der Waals surface area contributed by atoms with Crippen molar-refractivity contribution < 1.29 is 5.11 Å². The van der Waals surface area contributed by atoms with Gasteiger partial charge in [0, 0.05) is 19.4 Å². The molecule has 1 aromatic heterocycles. The van der Waals surface area contributed by atoms with Gasteiger partial charge < -0.3 is 15.0 Å². The SMILES string of the molecule is Cn1ccnc(NC2CCCCCC2O)c1=O. The molecule has 2 N–H and O–H groups in total. The van der Waals surface area contributed by atoms with Gasteiger partial charge in [-0.15, -0.1) is 0 Å². The molecule has 0 spiro atoms. The van der Waals surface area contributed by atoms with E-state index in [4.69, 9.17) is 0 Å². The molecule has 1 aromatic rings. The Balaban J connectivity index is 2.13. The molecule has 2 unspecified atom stereocenters. The zero-order valence-corrected chi connectivity index (χ0v) is 10.1. The fourth-order valence-electron chi connectivity index (χ4n) is 2.23. The molecular formula is C12H19N3O2. The number of hydrogen-bond acceptors (Lipinski definition) is 4. The lowest BCUT2D eigenvalue weighted by Crippen LogP contribution is -2.36. The third kappa shape index (κ3) is 2.85. The van der Waals surface area contributed by atoms with Gasteiger partial charge in [0.15, 0.2) is 5.82 Å². The van der Waals surface area contributed by atoms with E-state index in [0.29, 0.717) is 5.82 Å². The van der Waals surface area contributed by atoms with Gasteiger partial charge in [-0.05, 0) is 12.8 Å². The molecule has 0 saturated heterocycles. The highest BCUT2D eigenvalue weighted by atomic mass is 16.3. The Morgan fingerprint density at radius 2 is 2.18 bits per heavy atom. The number of anilines is 1. The number of nitrogens with zero attached hydrogens (tertiary/aromatic N) is 2. The average molecular weight is 237 g/mol. The number of aryl methyl sites for hydroxylation is 1. The maximum atomic E-state index is 11.8. The summed E-state index contributed by atoms with van der Waals surface area (Å²) in [6.45, 7) is 0. The average Bonchev–Trinajstić information content (AvgIpc) is 2.51. The first kappa shape index (κ1) is 12.1. The first-order chi connectivity index (χ1) is 8.18. The molecule has 5 nitrogen and oxygen atoms in total. The monoisotopic (exact) mass is 237 g/mol. The molecule has 2 rings (SSSR count). The number of nitrogens with one attached hydrogen (secondary N) is 1. The summed E-state index contributed by atoms with van der Waals surface area (Å²) in [5.41, 5.74) is -0.149. The highest BCUT2D eigenvalue weighted by Gasteiger charge is 2.22. The maximum Gasteiger partial charge on any atom is 0.293 e. The van der Waals surface area contributed by atoms with Crippen LogP contribution in [0, 0.1) is 0 Å². The molecule has 17 heavy (non-hydrogen) atoms. The summed E-state index contributed by atoms with van der Waals surface area (Å²) in [4.78, 5) is 15.8. The van der Waals surface area contributed by atoms with Gasteiger partial charge in [-0.1, -0.05) is 19.3 Å². The Labute approximate surface area is 100 Å². The molecule has 1 fully saturated rings. The van der Waals surface area contributed by atoms with E-state index in [0.717, 1.165) is 32.1 Å². The summed E-state index contributed by atoms with van der Waals surface area (Å²) in [5.74, 6) is 0.334. The number of hydrogen-bond donors (Lipinski definition) is 2. The van der Waals surface area contributed by atoms with Crippen LogP contribution in [0.5, 0.6) is 0 Å². The normalized spacial score (nSPS) is 25.3. The van der Waals surface area contributed by atoms with Crippen molar-refractivity contribution in [2.75, 3.05) is 5.32 Å². The van der Waals surface area contributed by atoms with Gasteiger partial charge >= 0.3 is 0 Å². The van der Waals surface area contributed by atoms with Gasteiger partial charge in [-0.3, -0.25) is 4.79 Å².